The Morgan fingerprint density at radius 1 is 1.33 bits per heavy atom. The third-order valence-corrected chi connectivity index (χ3v) is 7.96. The van der Waals surface area contributed by atoms with Gasteiger partial charge in [0, 0.05) is 29.3 Å². The van der Waals surface area contributed by atoms with E-state index >= 15 is 0 Å². The molecule has 1 aliphatic rings. The number of hydrogen-bond acceptors (Lipinski definition) is 8. The number of halogens is 1. The van der Waals surface area contributed by atoms with Gasteiger partial charge < -0.3 is 9.47 Å². The van der Waals surface area contributed by atoms with Gasteiger partial charge >= 0.3 is 0 Å². The number of benzene rings is 1. The van der Waals surface area contributed by atoms with Gasteiger partial charge in [-0.3, -0.25) is 0 Å². The van der Waals surface area contributed by atoms with Crippen LogP contribution in [0, 0.1) is 6.92 Å². The Kier molecular flexibility index (Phi) is 6.30. The molecule has 1 fully saturated rings. The average molecular weight is 514 g/mol. The summed E-state index contributed by atoms with van der Waals surface area (Å²) in [7, 11) is -3.64. The Hall–Kier alpha value is -1.73. The fraction of sp³-hybridized carbons (Fsp3) is 0.389. The minimum absolute atomic E-state index is 0.176. The maximum Gasteiger partial charge on any atom is 0.256 e. The van der Waals surface area contributed by atoms with Crippen molar-refractivity contribution in [3.63, 3.8) is 0 Å². The highest BCUT2D eigenvalue weighted by molar-refractivity contribution is 9.10. The van der Waals surface area contributed by atoms with Crippen molar-refractivity contribution in [2.24, 2.45) is 0 Å². The first-order valence-electron chi connectivity index (χ1n) is 9.16. The molecule has 9 nitrogen and oxygen atoms in total. The highest BCUT2D eigenvalue weighted by Crippen LogP contribution is 2.26. The van der Waals surface area contributed by atoms with Gasteiger partial charge in [-0.25, -0.2) is 13.4 Å². The van der Waals surface area contributed by atoms with Crippen molar-refractivity contribution in [2.75, 3.05) is 32.6 Å². The lowest BCUT2D eigenvalue weighted by Gasteiger charge is -2.32. The first kappa shape index (κ1) is 21.5. The number of fused-ring (bicyclic) bond motifs is 1. The predicted octanol–water partition coefficient (Wildman–Crippen LogP) is 2.39. The van der Waals surface area contributed by atoms with Crippen molar-refractivity contribution >= 4 is 43.5 Å². The molecule has 30 heavy (non-hydrogen) atoms. The fourth-order valence-corrected chi connectivity index (χ4v) is 5.86. The van der Waals surface area contributed by atoms with Crippen LogP contribution in [0.2, 0.25) is 0 Å². The van der Waals surface area contributed by atoms with Crippen LogP contribution in [0.4, 0.5) is 0 Å². The molecule has 2 aromatic heterocycles. The van der Waals surface area contributed by atoms with Crippen molar-refractivity contribution < 1.29 is 17.9 Å². The molecular weight excluding hydrogens is 494 g/mol. The van der Waals surface area contributed by atoms with Crippen molar-refractivity contribution in [1.29, 1.82) is 0 Å². The molecule has 1 aromatic carbocycles. The fourth-order valence-electron chi connectivity index (χ4n) is 3.11. The zero-order valence-electron chi connectivity index (χ0n) is 16.4. The van der Waals surface area contributed by atoms with E-state index in [-0.39, 0.29) is 18.0 Å². The number of hydrogen-bond donors (Lipinski definition) is 0. The van der Waals surface area contributed by atoms with E-state index < -0.39 is 16.1 Å². The molecule has 1 atom stereocenters. The topological polar surface area (TPSA) is 98.9 Å². The lowest BCUT2D eigenvalue weighted by molar-refractivity contribution is -0.0261. The Morgan fingerprint density at radius 2 is 2.13 bits per heavy atom. The summed E-state index contributed by atoms with van der Waals surface area (Å²) < 4.78 is 41.3. The molecule has 3 heterocycles. The van der Waals surface area contributed by atoms with Crippen LogP contribution in [0.15, 0.2) is 44.9 Å². The maximum absolute atomic E-state index is 13.0. The number of morpholine rings is 1. The summed E-state index contributed by atoms with van der Waals surface area (Å²) >= 11 is 4.74. The highest BCUT2D eigenvalue weighted by atomic mass is 79.9. The average Bonchev–Trinajstić information content (AvgIpc) is 3.15. The van der Waals surface area contributed by atoms with Crippen LogP contribution in [-0.2, 0) is 14.8 Å². The molecule has 4 rings (SSSR count). The zero-order chi connectivity index (χ0) is 21.3. The van der Waals surface area contributed by atoms with E-state index in [9.17, 15) is 8.42 Å². The van der Waals surface area contributed by atoms with Crippen molar-refractivity contribution in [2.45, 2.75) is 23.1 Å². The van der Waals surface area contributed by atoms with Crippen LogP contribution < -0.4 is 4.74 Å². The molecule has 0 bridgehead atoms. The summed E-state index contributed by atoms with van der Waals surface area (Å²) in [4.78, 5) is 8.93. The molecule has 3 aromatic rings. The van der Waals surface area contributed by atoms with Crippen LogP contribution in [0.3, 0.4) is 0 Å². The molecule has 0 amide bonds. The quantitative estimate of drug-likeness (QED) is 0.463. The van der Waals surface area contributed by atoms with E-state index in [4.69, 9.17) is 9.47 Å². The summed E-state index contributed by atoms with van der Waals surface area (Å²) in [6.45, 7) is 2.81. The van der Waals surface area contributed by atoms with Crippen molar-refractivity contribution in [3.8, 4) is 5.88 Å². The molecule has 12 heteroatoms. The third kappa shape index (κ3) is 4.33. The standard InChI is InChI=1S/C18H20BrN5O4S2/c1-12-9-16(24-17(20-12)21-18(22-24)29-2)28-11-13-10-23(7-8-27-13)30(25,26)15-6-4-3-5-14(15)19/h3-6,9,13H,7-8,10-11H2,1-2H3. The zero-order valence-corrected chi connectivity index (χ0v) is 19.6. The molecule has 160 valence electrons. The SMILES string of the molecule is CSc1nc2nc(C)cc(OCC3CN(S(=O)(=O)c4ccccc4Br)CCO3)n2n1. The second kappa shape index (κ2) is 8.79. The number of sulfonamides is 1. The molecule has 0 N–H and O–H groups in total. The van der Waals surface area contributed by atoms with Crippen molar-refractivity contribution in [3.05, 3.63) is 40.5 Å². The third-order valence-electron chi connectivity index (χ3n) is 4.54. The van der Waals surface area contributed by atoms with Gasteiger partial charge in [-0.2, -0.15) is 13.8 Å². The molecule has 0 radical (unpaired) electrons. The van der Waals surface area contributed by atoms with Crippen molar-refractivity contribution in [1.82, 2.24) is 23.9 Å². The lowest BCUT2D eigenvalue weighted by atomic mass is 10.3. The minimum atomic E-state index is -3.64. The molecule has 0 spiro atoms. The highest BCUT2D eigenvalue weighted by Gasteiger charge is 2.32. The Bertz CT molecular complexity index is 1170. The van der Waals surface area contributed by atoms with E-state index in [2.05, 4.69) is 31.0 Å². The van der Waals surface area contributed by atoms with E-state index in [1.807, 2.05) is 13.2 Å². The molecule has 0 saturated carbocycles. The number of aromatic nitrogens is 4. The second-order valence-corrected chi connectivity index (χ2v) is 10.2. The van der Waals surface area contributed by atoms with Gasteiger partial charge in [-0.15, -0.1) is 5.10 Å². The van der Waals surface area contributed by atoms with Gasteiger partial charge in [-0.05, 0) is 41.2 Å². The van der Waals surface area contributed by atoms with Gasteiger partial charge in [0.25, 0.3) is 5.78 Å². The molecule has 1 unspecified atom stereocenters. The van der Waals surface area contributed by atoms with E-state index in [1.165, 1.54) is 20.6 Å². The second-order valence-electron chi connectivity index (χ2n) is 6.64. The van der Waals surface area contributed by atoms with E-state index in [0.29, 0.717) is 34.4 Å². The van der Waals surface area contributed by atoms with Gasteiger partial charge in [-0.1, -0.05) is 23.9 Å². The van der Waals surface area contributed by atoms with Gasteiger partial charge in [0.1, 0.15) is 12.7 Å². The molecule has 1 aliphatic heterocycles. The monoisotopic (exact) mass is 513 g/mol. The number of thioether (sulfide) groups is 1. The first-order valence-corrected chi connectivity index (χ1v) is 12.6. The molecular formula is C18H20BrN5O4S2. The Morgan fingerprint density at radius 3 is 2.90 bits per heavy atom. The maximum atomic E-state index is 13.0. The molecule has 0 aliphatic carbocycles. The van der Waals surface area contributed by atoms with Gasteiger partial charge in [0.15, 0.2) is 0 Å². The largest absolute Gasteiger partial charge is 0.475 e. The predicted molar refractivity (Wildman–Crippen MR) is 115 cm³/mol. The van der Waals surface area contributed by atoms with E-state index in [1.54, 1.807) is 30.3 Å². The summed E-state index contributed by atoms with van der Waals surface area (Å²) in [5.41, 5.74) is 0.750. The number of nitrogens with zero attached hydrogens (tertiary/aromatic N) is 5. The van der Waals surface area contributed by atoms with Crippen LogP contribution in [-0.4, -0.2) is 71.0 Å². The smallest absolute Gasteiger partial charge is 0.256 e. The van der Waals surface area contributed by atoms with Crippen LogP contribution in [0.5, 0.6) is 5.88 Å². The minimum Gasteiger partial charge on any atom is -0.475 e. The lowest BCUT2D eigenvalue weighted by Crippen LogP contribution is -2.47. The molecule has 1 saturated heterocycles. The summed E-state index contributed by atoms with van der Waals surface area (Å²) in [6.07, 6.45) is 1.47. The summed E-state index contributed by atoms with van der Waals surface area (Å²) in [5, 5.41) is 4.96. The van der Waals surface area contributed by atoms with Gasteiger partial charge in [0.2, 0.25) is 21.1 Å². The Balaban J connectivity index is 1.50. The van der Waals surface area contributed by atoms with Gasteiger partial charge in [0.05, 0.1) is 11.5 Å². The normalized spacial score (nSPS) is 18.0. The van der Waals surface area contributed by atoms with Crippen LogP contribution >= 0.6 is 27.7 Å². The number of ether oxygens (including phenoxy) is 2. The van der Waals surface area contributed by atoms with Crippen LogP contribution in [0.1, 0.15) is 5.69 Å². The van der Waals surface area contributed by atoms with Crippen LogP contribution in [0.25, 0.3) is 5.78 Å². The number of aryl methyl sites for hydroxylation is 1. The van der Waals surface area contributed by atoms with E-state index in [0.717, 1.165) is 5.69 Å². The summed E-state index contributed by atoms with van der Waals surface area (Å²) in [6, 6.07) is 8.56. The number of rotatable bonds is 6. The Labute approximate surface area is 187 Å². The summed E-state index contributed by atoms with van der Waals surface area (Å²) in [5.74, 6) is 0.941. The first-order chi connectivity index (χ1) is 14.4.